The van der Waals surface area contributed by atoms with Crippen molar-refractivity contribution in [2.24, 2.45) is 5.92 Å². The molecule has 1 atom stereocenters. The number of aryl methyl sites for hydroxylation is 3. The number of fused-ring (bicyclic) bond motifs is 1. The highest BCUT2D eigenvalue weighted by molar-refractivity contribution is 5.48. The molecule has 2 aromatic rings. The first-order valence-electron chi connectivity index (χ1n) is 15.6. The molecular weight excluding hydrogens is 502 g/mol. The molecule has 3 rings (SSSR count). The van der Waals surface area contributed by atoms with Gasteiger partial charge in [-0.25, -0.2) is 0 Å². The Morgan fingerprint density at radius 1 is 0.951 bits per heavy atom. The third-order valence-electron chi connectivity index (χ3n) is 5.71. The van der Waals surface area contributed by atoms with Crippen LogP contribution >= 0.6 is 0 Å². The van der Waals surface area contributed by atoms with Crippen LogP contribution in [0.2, 0.25) is 0 Å². The van der Waals surface area contributed by atoms with E-state index in [9.17, 15) is 4.79 Å². The molecule has 2 aromatic carbocycles. The quantitative estimate of drug-likeness (QED) is 0.207. The zero-order valence-electron chi connectivity index (χ0n) is 29.1. The third-order valence-corrected chi connectivity index (χ3v) is 5.71. The molecule has 0 saturated heterocycles. The predicted octanol–water partition coefficient (Wildman–Crippen LogP) is 9.34. The topological polar surface area (TPSA) is 64.9 Å². The van der Waals surface area contributed by atoms with E-state index in [2.05, 4.69) is 69.2 Å². The first-order chi connectivity index (χ1) is 19.6. The van der Waals surface area contributed by atoms with Crippen molar-refractivity contribution in [1.29, 1.82) is 5.26 Å². The van der Waals surface area contributed by atoms with Crippen LogP contribution in [0.5, 0.6) is 0 Å². The number of hydrogen-bond acceptors (Lipinski definition) is 4. The number of likely N-dealkylation sites (N-methyl/N-ethyl adjacent to an activating group) is 2. The summed E-state index contributed by atoms with van der Waals surface area (Å²) >= 11 is 0. The van der Waals surface area contributed by atoms with Crippen LogP contribution in [0.4, 0.5) is 0 Å². The minimum atomic E-state index is 0.639. The molecule has 41 heavy (non-hydrogen) atoms. The summed E-state index contributed by atoms with van der Waals surface area (Å²) < 4.78 is 0. The van der Waals surface area contributed by atoms with Crippen molar-refractivity contribution >= 4 is 6.29 Å². The smallest absolute Gasteiger partial charge is 0.119 e. The maximum atomic E-state index is 9.17. The number of rotatable bonds is 6. The number of allylic oxidation sites excluding steroid dienone is 1. The van der Waals surface area contributed by atoms with E-state index in [0.29, 0.717) is 6.42 Å². The number of nitriles is 1. The number of hydrogen-bond donors (Lipinski definition) is 2. The Labute approximate surface area is 256 Å². The van der Waals surface area contributed by atoms with Crippen molar-refractivity contribution in [3.05, 3.63) is 81.9 Å². The molecule has 4 heteroatoms. The second kappa shape index (κ2) is 33.5. The van der Waals surface area contributed by atoms with Crippen LogP contribution in [-0.4, -0.2) is 33.0 Å². The number of benzene rings is 2. The van der Waals surface area contributed by atoms with Gasteiger partial charge in [-0.3, -0.25) is 0 Å². The van der Waals surface area contributed by atoms with Gasteiger partial charge in [0.2, 0.25) is 0 Å². The summed E-state index contributed by atoms with van der Waals surface area (Å²) in [4.78, 5) is 9.17. The second-order valence-electron chi connectivity index (χ2n) is 9.54. The number of nitrogens with zero attached hydrogens (tertiary/aromatic N) is 1. The highest BCUT2D eigenvalue weighted by atomic mass is 16.1. The normalized spacial score (nSPS) is 11.5. The van der Waals surface area contributed by atoms with Crippen molar-refractivity contribution in [2.75, 3.05) is 26.7 Å². The Bertz CT molecular complexity index is 924. The fourth-order valence-corrected chi connectivity index (χ4v) is 3.17. The minimum Gasteiger partial charge on any atom is -0.318 e. The first kappa shape index (κ1) is 45.3. The lowest BCUT2D eigenvalue weighted by molar-refractivity contribution is -0.107. The lowest BCUT2D eigenvalue weighted by atomic mass is 10.1. The lowest BCUT2D eigenvalue weighted by Gasteiger charge is -1.98. The van der Waals surface area contributed by atoms with Gasteiger partial charge >= 0.3 is 0 Å². The number of carbonyl (C=O) groups excluding carboxylic acids is 1. The number of nitrogens with one attached hydrogen (secondary N) is 2. The lowest BCUT2D eigenvalue weighted by Crippen LogP contribution is -2.24. The standard InChI is InChI=1S/C11H14.C9H9N.C5H14N2.C5H10.C3H6O.2C2H6/c1-8-3-4-10-6-9(2)7-11(10)5-8;1-7-3-4-9(6-10)5-8(7)2;1-3-7-5-4-6-2;1-4-5(2)3;1-2-3-4;2*1-2/h3-5,9H,6-7H2,1-2H3;3-5H,1-2H3;6-7H,3-5H2,1-2H3;2,4H2,1,3H3;3H,2H2,1H3;2*1-2H3. The van der Waals surface area contributed by atoms with Gasteiger partial charge in [-0.2, -0.15) is 5.26 Å². The van der Waals surface area contributed by atoms with Crippen molar-refractivity contribution in [2.45, 2.75) is 109 Å². The molecule has 1 aliphatic rings. The molecule has 0 fully saturated rings. The van der Waals surface area contributed by atoms with Crippen LogP contribution in [0.3, 0.4) is 0 Å². The maximum Gasteiger partial charge on any atom is 0.119 e. The van der Waals surface area contributed by atoms with Crippen molar-refractivity contribution in [3.8, 4) is 6.07 Å². The molecule has 0 heterocycles. The van der Waals surface area contributed by atoms with Crippen LogP contribution in [0.15, 0.2) is 48.6 Å². The molecular formula is C37H65N3O. The molecule has 0 aliphatic heterocycles. The largest absolute Gasteiger partial charge is 0.318 e. The molecule has 0 bridgehead atoms. The monoisotopic (exact) mass is 568 g/mol. The van der Waals surface area contributed by atoms with E-state index < -0.39 is 0 Å². The molecule has 1 aliphatic carbocycles. The molecule has 0 spiro atoms. The molecule has 2 N–H and O–H groups in total. The fraction of sp³-hybridized carbons (Fsp3) is 0.568. The Balaban J connectivity index is -0.000000211. The predicted molar refractivity (Wildman–Crippen MR) is 185 cm³/mol. The van der Waals surface area contributed by atoms with E-state index in [-0.39, 0.29) is 0 Å². The van der Waals surface area contributed by atoms with E-state index in [1.807, 2.05) is 80.6 Å². The Hall–Kier alpha value is -2.74. The minimum absolute atomic E-state index is 0.639. The van der Waals surface area contributed by atoms with Gasteiger partial charge in [-0.05, 0) is 101 Å². The molecule has 0 saturated carbocycles. The number of carbonyl (C=O) groups is 1. The van der Waals surface area contributed by atoms with Gasteiger partial charge in [-0.15, -0.1) is 6.58 Å². The maximum absolute atomic E-state index is 9.17. The second-order valence-corrected chi connectivity index (χ2v) is 9.54. The fourth-order valence-electron chi connectivity index (χ4n) is 3.17. The SMILES string of the molecule is C=C(C)CC.CC.CC.CCC=O.CCNCCNC.Cc1ccc(C#N)cc1C.Cc1ccc2c(c1)CC(C)C2. The van der Waals surface area contributed by atoms with Crippen LogP contribution in [-0.2, 0) is 17.6 Å². The zero-order chi connectivity index (χ0) is 32.6. The van der Waals surface area contributed by atoms with E-state index in [4.69, 9.17) is 5.26 Å². The third kappa shape index (κ3) is 28.6. The number of aldehydes is 1. The van der Waals surface area contributed by atoms with Crippen molar-refractivity contribution in [1.82, 2.24) is 10.6 Å². The summed E-state index contributed by atoms with van der Waals surface area (Å²) in [7, 11) is 1.96. The van der Waals surface area contributed by atoms with Crippen molar-refractivity contribution < 1.29 is 4.79 Å². The molecule has 1 unspecified atom stereocenters. The summed E-state index contributed by atoms with van der Waals surface area (Å²) in [5.74, 6) is 0.867. The highest BCUT2D eigenvalue weighted by Crippen LogP contribution is 2.26. The Kier molecular flexibility index (Phi) is 36.9. The van der Waals surface area contributed by atoms with Crippen LogP contribution in [0, 0.1) is 38.0 Å². The average molecular weight is 568 g/mol. The molecule has 4 nitrogen and oxygen atoms in total. The highest BCUT2D eigenvalue weighted by Gasteiger charge is 2.16. The van der Waals surface area contributed by atoms with Gasteiger partial charge in [0.25, 0.3) is 0 Å². The molecule has 0 aromatic heterocycles. The van der Waals surface area contributed by atoms with Gasteiger partial charge in [0.15, 0.2) is 0 Å². The van der Waals surface area contributed by atoms with Crippen LogP contribution in [0.1, 0.15) is 109 Å². The van der Waals surface area contributed by atoms with Crippen LogP contribution in [0.25, 0.3) is 0 Å². The Morgan fingerprint density at radius 2 is 1.49 bits per heavy atom. The summed E-state index contributed by atoms with van der Waals surface area (Å²) in [5.41, 5.74) is 8.96. The summed E-state index contributed by atoms with van der Waals surface area (Å²) in [5, 5.41) is 14.7. The average Bonchev–Trinajstić information content (AvgIpc) is 3.37. The summed E-state index contributed by atoms with van der Waals surface area (Å²) in [6.07, 6.45) is 5.20. The van der Waals surface area contributed by atoms with E-state index >= 15 is 0 Å². The van der Waals surface area contributed by atoms with Gasteiger partial charge in [-0.1, -0.05) is 90.8 Å². The van der Waals surface area contributed by atoms with Gasteiger partial charge in [0, 0.05) is 19.5 Å². The van der Waals surface area contributed by atoms with Gasteiger partial charge in [0.1, 0.15) is 6.29 Å². The first-order valence-corrected chi connectivity index (χ1v) is 15.6. The van der Waals surface area contributed by atoms with E-state index in [1.165, 1.54) is 35.1 Å². The van der Waals surface area contributed by atoms with E-state index in [1.54, 1.807) is 11.1 Å². The Morgan fingerprint density at radius 3 is 1.90 bits per heavy atom. The van der Waals surface area contributed by atoms with Gasteiger partial charge < -0.3 is 15.4 Å². The summed E-state index contributed by atoms with van der Waals surface area (Å²) in [6, 6.07) is 14.6. The van der Waals surface area contributed by atoms with E-state index in [0.717, 1.165) is 43.8 Å². The molecule has 0 radical (unpaired) electrons. The zero-order valence-corrected chi connectivity index (χ0v) is 29.1. The summed E-state index contributed by atoms with van der Waals surface area (Å²) in [6.45, 7) is 31.5. The van der Waals surface area contributed by atoms with Crippen molar-refractivity contribution in [3.63, 3.8) is 0 Å². The van der Waals surface area contributed by atoms with Crippen LogP contribution < -0.4 is 10.6 Å². The van der Waals surface area contributed by atoms with Gasteiger partial charge in [0.05, 0.1) is 11.6 Å². The molecule has 234 valence electrons. The molecule has 0 amide bonds.